The zero-order chi connectivity index (χ0) is 20.0. The van der Waals surface area contributed by atoms with E-state index in [1.54, 1.807) is 18.2 Å². The van der Waals surface area contributed by atoms with Crippen molar-refractivity contribution in [3.63, 3.8) is 0 Å². The highest BCUT2D eigenvalue weighted by Gasteiger charge is 2.16. The summed E-state index contributed by atoms with van der Waals surface area (Å²) in [4.78, 5) is 35.8. The first-order chi connectivity index (χ1) is 12.8. The third-order valence-corrected chi connectivity index (χ3v) is 4.21. The first-order valence-electron chi connectivity index (χ1n) is 7.60. The SMILES string of the molecule is COC(=O)c1ccc(C(=O)OC)c(NC(=O)C=Cc2ccc(Cl)c(Cl)c2)c1. The Hall–Kier alpha value is -2.83. The van der Waals surface area contributed by atoms with Crippen LogP contribution in [0.15, 0.2) is 42.5 Å². The highest BCUT2D eigenvalue weighted by molar-refractivity contribution is 6.42. The van der Waals surface area contributed by atoms with E-state index in [-0.39, 0.29) is 16.8 Å². The summed E-state index contributed by atoms with van der Waals surface area (Å²) >= 11 is 11.8. The van der Waals surface area contributed by atoms with Crippen LogP contribution in [0.5, 0.6) is 0 Å². The molecule has 2 rings (SSSR count). The van der Waals surface area contributed by atoms with Gasteiger partial charge < -0.3 is 14.8 Å². The van der Waals surface area contributed by atoms with Crippen molar-refractivity contribution in [3.8, 4) is 0 Å². The minimum Gasteiger partial charge on any atom is -0.465 e. The van der Waals surface area contributed by atoms with Gasteiger partial charge in [-0.25, -0.2) is 9.59 Å². The molecule has 0 heterocycles. The van der Waals surface area contributed by atoms with Crippen LogP contribution in [-0.2, 0) is 14.3 Å². The molecule has 8 heteroatoms. The molecule has 1 N–H and O–H groups in total. The molecule has 0 fully saturated rings. The van der Waals surface area contributed by atoms with Gasteiger partial charge >= 0.3 is 11.9 Å². The number of ether oxygens (including phenoxy) is 2. The van der Waals surface area contributed by atoms with Crippen LogP contribution in [0.3, 0.4) is 0 Å². The Labute approximate surface area is 165 Å². The first-order valence-corrected chi connectivity index (χ1v) is 8.36. The van der Waals surface area contributed by atoms with Crippen molar-refractivity contribution in [3.05, 3.63) is 69.2 Å². The summed E-state index contributed by atoms with van der Waals surface area (Å²) in [5.41, 5.74) is 1.06. The number of rotatable bonds is 5. The van der Waals surface area contributed by atoms with Gasteiger partial charge in [0.05, 0.1) is 41.1 Å². The first kappa shape index (κ1) is 20.5. The van der Waals surface area contributed by atoms with Gasteiger partial charge in [0.15, 0.2) is 0 Å². The van der Waals surface area contributed by atoms with Crippen molar-refractivity contribution in [1.82, 2.24) is 0 Å². The molecule has 140 valence electrons. The summed E-state index contributed by atoms with van der Waals surface area (Å²) in [5, 5.41) is 3.31. The Kier molecular flexibility index (Phi) is 6.98. The summed E-state index contributed by atoms with van der Waals surface area (Å²) in [6, 6.07) is 9.01. The fourth-order valence-corrected chi connectivity index (χ4v) is 2.45. The molecule has 0 atom stereocenters. The largest absolute Gasteiger partial charge is 0.465 e. The molecule has 0 aliphatic carbocycles. The molecule has 0 aromatic heterocycles. The fraction of sp³-hybridized carbons (Fsp3) is 0.105. The molecule has 0 spiro atoms. The van der Waals surface area contributed by atoms with Gasteiger partial charge in [-0.15, -0.1) is 0 Å². The molecule has 0 saturated heterocycles. The molecule has 2 aromatic rings. The molecule has 0 unspecified atom stereocenters. The summed E-state index contributed by atoms with van der Waals surface area (Å²) in [7, 11) is 2.45. The Morgan fingerprint density at radius 3 is 2.26 bits per heavy atom. The van der Waals surface area contributed by atoms with Crippen LogP contribution < -0.4 is 5.32 Å². The van der Waals surface area contributed by atoms with E-state index in [0.29, 0.717) is 15.6 Å². The standard InChI is InChI=1S/C19H15Cl2NO5/c1-26-18(24)12-5-6-13(19(25)27-2)16(10-12)22-17(23)8-4-11-3-7-14(20)15(21)9-11/h3-10H,1-2H3,(H,22,23). The normalized spacial score (nSPS) is 10.5. The maximum Gasteiger partial charge on any atom is 0.339 e. The highest BCUT2D eigenvalue weighted by Crippen LogP contribution is 2.23. The third kappa shape index (κ3) is 5.32. The summed E-state index contributed by atoms with van der Waals surface area (Å²) in [6.07, 6.45) is 2.78. The van der Waals surface area contributed by atoms with Crippen molar-refractivity contribution in [2.24, 2.45) is 0 Å². The van der Waals surface area contributed by atoms with E-state index in [9.17, 15) is 14.4 Å². The molecule has 6 nitrogen and oxygen atoms in total. The van der Waals surface area contributed by atoms with E-state index < -0.39 is 17.8 Å². The summed E-state index contributed by atoms with van der Waals surface area (Å²) < 4.78 is 9.33. The number of methoxy groups -OCH3 is 2. The third-order valence-electron chi connectivity index (χ3n) is 3.47. The van der Waals surface area contributed by atoms with Gasteiger partial charge in [0.1, 0.15) is 0 Å². The van der Waals surface area contributed by atoms with Crippen LogP contribution in [0.4, 0.5) is 5.69 Å². The van der Waals surface area contributed by atoms with E-state index in [1.807, 2.05) is 0 Å². The number of carbonyl (C=O) groups is 3. The Morgan fingerprint density at radius 1 is 0.926 bits per heavy atom. The van der Waals surface area contributed by atoms with Gasteiger partial charge in [0.25, 0.3) is 0 Å². The molecular weight excluding hydrogens is 393 g/mol. The molecule has 0 bridgehead atoms. The predicted octanol–water partition coefficient (Wildman–Crippen LogP) is 4.22. The van der Waals surface area contributed by atoms with Gasteiger partial charge in [0, 0.05) is 6.08 Å². The van der Waals surface area contributed by atoms with Crippen molar-refractivity contribution in [1.29, 1.82) is 0 Å². The smallest absolute Gasteiger partial charge is 0.339 e. The minimum absolute atomic E-state index is 0.0986. The maximum absolute atomic E-state index is 12.2. The molecule has 0 aliphatic rings. The number of carbonyl (C=O) groups excluding carboxylic acids is 3. The second kappa shape index (κ2) is 9.21. The van der Waals surface area contributed by atoms with Crippen LogP contribution >= 0.6 is 23.2 Å². The number of esters is 2. The predicted molar refractivity (Wildman–Crippen MR) is 103 cm³/mol. The number of benzene rings is 2. The number of amides is 1. The lowest BCUT2D eigenvalue weighted by atomic mass is 10.1. The molecule has 0 saturated carbocycles. The van der Waals surface area contributed by atoms with Gasteiger partial charge in [0.2, 0.25) is 5.91 Å². The van der Waals surface area contributed by atoms with E-state index in [0.717, 1.165) is 0 Å². The molecule has 0 radical (unpaired) electrons. The molecule has 0 aliphatic heterocycles. The number of anilines is 1. The van der Waals surface area contributed by atoms with Crippen LogP contribution in [0.25, 0.3) is 6.08 Å². The van der Waals surface area contributed by atoms with Crippen molar-refractivity contribution >= 4 is 52.8 Å². The van der Waals surface area contributed by atoms with Crippen molar-refractivity contribution in [2.75, 3.05) is 19.5 Å². The average Bonchev–Trinajstić information content (AvgIpc) is 2.67. The number of halogens is 2. The molecule has 1 amide bonds. The van der Waals surface area contributed by atoms with E-state index >= 15 is 0 Å². The second-order valence-corrected chi connectivity index (χ2v) is 6.05. The topological polar surface area (TPSA) is 81.7 Å². The van der Waals surface area contributed by atoms with Crippen LogP contribution in [0.2, 0.25) is 10.0 Å². The molecule has 27 heavy (non-hydrogen) atoms. The monoisotopic (exact) mass is 407 g/mol. The Balaban J connectivity index is 2.26. The average molecular weight is 408 g/mol. The van der Waals surface area contributed by atoms with Gasteiger partial charge in [-0.2, -0.15) is 0 Å². The second-order valence-electron chi connectivity index (χ2n) is 5.24. The molecule has 2 aromatic carbocycles. The highest BCUT2D eigenvalue weighted by atomic mass is 35.5. The van der Waals surface area contributed by atoms with E-state index in [2.05, 4.69) is 14.8 Å². The van der Waals surface area contributed by atoms with Crippen LogP contribution in [0, 0.1) is 0 Å². The fourth-order valence-electron chi connectivity index (χ4n) is 2.14. The van der Waals surface area contributed by atoms with Crippen LogP contribution in [-0.4, -0.2) is 32.1 Å². The number of hydrogen-bond acceptors (Lipinski definition) is 5. The van der Waals surface area contributed by atoms with Crippen LogP contribution in [0.1, 0.15) is 26.3 Å². The molecular formula is C19H15Cl2NO5. The summed E-state index contributed by atoms with van der Waals surface area (Å²) in [5.74, 6) is -1.78. The van der Waals surface area contributed by atoms with Crippen molar-refractivity contribution < 1.29 is 23.9 Å². The lowest BCUT2D eigenvalue weighted by molar-refractivity contribution is -0.111. The lowest BCUT2D eigenvalue weighted by Crippen LogP contribution is -2.14. The number of nitrogens with one attached hydrogen (secondary N) is 1. The van der Waals surface area contributed by atoms with Gasteiger partial charge in [-0.05, 0) is 42.0 Å². The van der Waals surface area contributed by atoms with Gasteiger partial charge in [-0.1, -0.05) is 29.3 Å². The van der Waals surface area contributed by atoms with Crippen molar-refractivity contribution in [2.45, 2.75) is 0 Å². The Morgan fingerprint density at radius 2 is 1.63 bits per heavy atom. The summed E-state index contributed by atoms with van der Waals surface area (Å²) in [6.45, 7) is 0. The zero-order valence-corrected chi connectivity index (χ0v) is 15.9. The van der Waals surface area contributed by atoms with E-state index in [4.69, 9.17) is 23.2 Å². The van der Waals surface area contributed by atoms with Gasteiger partial charge in [-0.3, -0.25) is 4.79 Å². The minimum atomic E-state index is -0.657. The van der Waals surface area contributed by atoms with E-state index in [1.165, 1.54) is 44.6 Å². The maximum atomic E-state index is 12.2. The quantitative estimate of drug-likeness (QED) is 0.592. The Bertz CT molecular complexity index is 924. The number of hydrogen-bond donors (Lipinski definition) is 1. The zero-order valence-electron chi connectivity index (χ0n) is 14.4. The lowest BCUT2D eigenvalue weighted by Gasteiger charge is -2.10.